The largest absolute Gasteiger partial charge is 0.313 e. The van der Waals surface area contributed by atoms with E-state index in [1.807, 2.05) is 0 Å². The third-order valence-electron chi connectivity index (χ3n) is 0.463. The van der Waals surface area contributed by atoms with Crippen molar-refractivity contribution in [3.05, 3.63) is 0 Å². The third-order valence-corrected chi connectivity index (χ3v) is 1.04. The average Bonchev–Trinajstić information content (AvgIpc) is 1.65. The van der Waals surface area contributed by atoms with Crippen LogP contribution in [0.25, 0.3) is 0 Å². The summed E-state index contributed by atoms with van der Waals surface area (Å²) in [4.78, 5) is 10.3. The number of hydrogen-bond donors (Lipinski definition) is 0. The normalized spacial score (nSPS) is 8.29. The summed E-state index contributed by atoms with van der Waals surface area (Å²) in [6, 6.07) is 0. The minimum Gasteiger partial charge on any atom is -0.313 e. The molecular formula is C2H6BNOP2. The highest BCUT2D eigenvalue weighted by molar-refractivity contribution is 7.32. The standard InChI is InChI=1S/C2H6BNOP2/c3-1-2(5)4(6)7/h1,6-7H2. The molecule has 7 heavy (non-hydrogen) atoms. The Labute approximate surface area is 48.9 Å². The number of nitrogens with zero attached hydrogens (tertiary/aromatic N) is 1. The molecule has 0 heterocycles. The Balaban J connectivity index is 3.35. The van der Waals surface area contributed by atoms with Crippen molar-refractivity contribution in [2.45, 2.75) is 6.32 Å². The summed E-state index contributed by atoms with van der Waals surface area (Å²) in [6.07, 6.45) is 0.0625. The van der Waals surface area contributed by atoms with Crippen LogP contribution in [0.1, 0.15) is 0 Å². The molecule has 0 aromatic carbocycles. The van der Waals surface area contributed by atoms with Crippen LogP contribution < -0.4 is 0 Å². The molecule has 0 aromatic heterocycles. The van der Waals surface area contributed by atoms with Gasteiger partial charge in [-0.3, -0.25) is 4.79 Å². The summed E-state index contributed by atoms with van der Waals surface area (Å²) < 4.78 is 1.29. The van der Waals surface area contributed by atoms with Crippen molar-refractivity contribution in [1.29, 1.82) is 0 Å². The fraction of sp³-hybridized carbons (Fsp3) is 0.500. The van der Waals surface area contributed by atoms with Gasteiger partial charge in [0.05, 0.1) is 7.85 Å². The van der Waals surface area contributed by atoms with Gasteiger partial charge in [0.15, 0.2) is 0 Å². The Morgan fingerprint density at radius 2 is 2.14 bits per heavy atom. The second-order valence-corrected chi connectivity index (χ2v) is 2.71. The van der Waals surface area contributed by atoms with E-state index >= 15 is 0 Å². The maximum Gasteiger partial charge on any atom is 0.219 e. The van der Waals surface area contributed by atoms with Gasteiger partial charge in [0.25, 0.3) is 0 Å². The maximum absolute atomic E-state index is 10.3. The van der Waals surface area contributed by atoms with E-state index in [1.54, 1.807) is 0 Å². The first kappa shape index (κ1) is 7.39. The van der Waals surface area contributed by atoms with Crippen LogP contribution in [-0.4, -0.2) is 18.2 Å². The Bertz CT molecular complexity index is 76.1. The number of hydrogen-bond acceptors (Lipinski definition) is 1. The molecule has 38 valence electrons. The van der Waals surface area contributed by atoms with Crippen molar-refractivity contribution < 1.29 is 4.79 Å². The lowest BCUT2D eigenvalue weighted by Gasteiger charge is -2.05. The monoisotopic (exact) mass is 133 g/mol. The molecule has 0 aliphatic rings. The van der Waals surface area contributed by atoms with Crippen LogP contribution >= 0.6 is 18.8 Å². The Kier molecular flexibility index (Phi) is 3.60. The second-order valence-electron chi connectivity index (χ2n) is 1.01. The molecule has 0 rings (SSSR count). The maximum atomic E-state index is 10.3. The van der Waals surface area contributed by atoms with Gasteiger partial charge in [0.2, 0.25) is 5.91 Å². The predicted molar refractivity (Wildman–Crippen MR) is 36.8 cm³/mol. The fourth-order valence-corrected chi connectivity index (χ4v) is 0.316. The van der Waals surface area contributed by atoms with Crippen LogP contribution in [0.5, 0.6) is 0 Å². The summed E-state index contributed by atoms with van der Waals surface area (Å²) in [7, 11) is 9.32. The highest BCUT2D eigenvalue weighted by atomic mass is 31.1. The zero-order valence-corrected chi connectivity index (χ0v) is 6.10. The van der Waals surface area contributed by atoms with Gasteiger partial charge in [-0.15, -0.1) is 0 Å². The summed E-state index contributed by atoms with van der Waals surface area (Å²) in [5.41, 5.74) is 0. The Hall–Kier alpha value is 0.395. The summed E-state index contributed by atoms with van der Waals surface area (Å²) in [5, 5.41) is 0. The minimum atomic E-state index is -0.116. The topological polar surface area (TPSA) is 20.3 Å². The van der Waals surface area contributed by atoms with E-state index in [0.29, 0.717) is 0 Å². The van der Waals surface area contributed by atoms with E-state index in [-0.39, 0.29) is 12.2 Å². The van der Waals surface area contributed by atoms with E-state index in [2.05, 4.69) is 18.8 Å². The van der Waals surface area contributed by atoms with E-state index in [1.165, 1.54) is 4.44 Å². The van der Waals surface area contributed by atoms with Gasteiger partial charge in [-0.05, 0) is 25.1 Å². The molecule has 2 nitrogen and oxygen atoms in total. The molecule has 2 atom stereocenters. The first-order valence-corrected chi connectivity index (χ1v) is 2.74. The zero-order valence-electron chi connectivity index (χ0n) is 3.79. The molecule has 0 saturated carbocycles. The van der Waals surface area contributed by atoms with Crippen LogP contribution in [-0.2, 0) is 4.79 Å². The number of rotatable bonds is 1. The van der Waals surface area contributed by atoms with Crippen LogP contribution in [0.15, 0.2) is 0 Å². The van der Waals surface area contributed by atoms with Crippen molar-refractivity contribution in [1.82, 2.24) is 4.44 Å². The van der Waals surface area contributed by atoms with Gasteiger partial charge in [0.1, 0.15) is 0 Å². The van der Waals surface area contributed by atoms with Gasteiger partial charge < -0.3 is 4.44 Å². The van der Waals surface area contributed by atoms with Crippen LogP contribution in [0, 0.1) is 0 Å². The van der Waals surface area contributed by atoms with Crippen LogP contribution in [0.3, 0.4) is 0 Å². The quantitative estimate of drug-likeness (QED) is 0.363. The molecule has 0 aromatic rings. The van der Waals surface area contributed by atoms with Crippen molar-refractivity contribution in [2.75, 3.05) is 0 Å². The molecule has 0 bridgehead atoms. The van der Waals surface area contributed by atoms with Gasteiger partial charge >= 0.3 is 0 Å². The fourth-order valence-electron chi connectivity index (χ4n) is 0.105. The molecule has 2 unspecified atom stereocenters. The van der Waals surface area contributed by atoms with E-state index in [4.69, 9.17) is 7.85 Å². The lowest BCUT2D eigenvalue weighted by atomic mass is 10.1. The number of carbonyl (C=O) groups is 1. The van der Waals surface area contributed by atoms with E-state index in [0.717, 1.165) is 0 Å². The summed E-state index contributed by atoms with van der Waals surface area (Å²) in [6.45, 7) is 0. The Morgan fingerprint density at radius 1 is 1.71 bits per heavy atom. The Morgan fingerprint density at radius 3 is 2.14 bits per heavy atom. The molecule has 0 fully saturated rings. The summed E-state index contributed by atoms with van der Waals surface area (Å²) >= 11 is 0. The zero-order chi connectivity index (χ0) is 5.86. The van der Waals surface area contributed by atoms with Crippen molar-refractivity contribution >= 4 is 32.5 Å². The van der Waals surface area contributed by atoms with Gasteiger partial charge in [-0.1, -0.05) is 0 Å². The molecular weight excluding hydrogens is 127 g/mol. The van der Waals surface area contributed by atoms with E-state index in [9.17, 15) is 4.79 Å². The number of carbonyl (C=O) groups excluding carboxylic acids is 1. The molecule has 0 aliphatic heterocycles. The highest BCUT2D eigenvalue weighted by Gasteiger charge is 1.95. The van der Waals surface area contributed by atoms with Crippen molar-refractivity contribution in [3.8, 4) is 0 Å². The van der Waals surface area contributed by atoms with Crippen molar-refractivity contribution in [3.63, 3.8) is 0 Å². The minimum absolute atomic E-state index is 0.0625. The molecule has 2 radical (unpaired) electrons. The van der Waals surface area contributed by atoms with Crippen LogP contribution in [0.2, 0.25) is 6.32 Å². The van der Waals surface area contributed by atoms with Crippen molar-refractivity contribution in [2.24, 2.45) is 0 Å². The predicted octanol–water partition coefficient (Wildman–Crippen LogP) is -0.0180. The molecule has 1 amide bonds. The average molecular weight is 133 g/mol. The molecule has 0 saturated heterocycles. The van der Waals surface area contributed by atoms with Gasteiger partial charge in [-0.2, -0.15) is 0 Å². The third kappa shape index (κ3) is 3.02. The smallest absolute Gasteiger partial charge is 0.219 e. The van der Waals surface area contributed by atoms with Gasteiger partial charge in [-0.25, -0.2) is 0 Å². The SMILES string of the molecule is [B]CC(=O)N(P)P. The lowest BCUT2D eigenvalue weighted by molar-refractivity contribution is -0.120. The highest BCUT2D eigenvalue weighted by Crippen LogP contribution is 2.06. The molecule has 0 spiro atoms. The second kappa shape index (κ2) is 3.40. The number of amides is 1. The molecule has 0 aliphatic carbocycles. The van der Waals surface area contributed by atoms with Crippen LogP contribution in [0.4, 0.5) is 0 Å². The molecule has 0 N–H and O–H groups in total. The lowest BCUT2D eigenvalue weighted by Crippen LogP contribution is -2.07. The first-order chi connectivity index (χ1) is 3.18. The van der Waals surface area contributed by atoms with E-state index < -0.39 is 0 Å². The van der Waals surface area contributed by atoms with Gasteiger partial charge in [0, 0.05) is 0 Å². The summed E-state index contributed by atoms with van der Waals surface area (Å²) in [5.74, 6) is -0.116. The molecule has 5 heteroatoms. The first-order valence-electron chi connectivity index (χ1n) is 1.71.